The lowest BCUT2D eigenvalue weighted by Crippen LogP contribution is -2.30. The minimum Gasteiger partial charge on any atom is -0.371 e. The fraction of sp³-hybridized carbons (Fsp3) is 0.556. The van der Waals surface area contributed by atoms with Crippen LogP contribution in [0.15, 0.2) is 35.4 Å². The summed E-state index contributed by atoms with van der Waals surface area (Å²) in [5.74, 6) is 0. The smallest absolute Gasteiger partial charge is 0.371 e. The van der Waals surface area contributed by atoms with E-state index in [4.69, 9.17) is 0 Å². The molecule has 0 bridgehead atoms. The predicted molar refractivity (Wildman–Crippen MR) is 85.0 cm³/mol. The molecular weight excluding hydrogens is 287 g/mol. The van der Waals surface area contributed by atoms with Gasteiger partial charge in [0.15, 0.2) is 0 Å². The van der Waals surface area contributed by atoms with Crippen molar-refractivity contribution in [3.8, 4) is 0 Å². The maximum absolute atomic E-state index is 12.8. The molecule has 2 rings (SSSR count). The highest BCUT2D eigenvalue weighted by atomic mass is 19.4. The van der Waals surface area contributed by atoms with E-state index in [1.54, 1.807) is 6.07 Å². The number of allylic oxidation sites excluding steroid dienone is 1. The molecule has 1 aliphatic rings. The van der Waals surface area contributed by atoms with Crippen molar-refractivity contribution in [1.29, 1.82) is 0 Å². The van der Waals surface area contributed by atoms with Gasteiger partial charge >= 0.3 is 6.18 Å². The second kappa shape index (κ2) is 5.98. The van der Waals surface area contributed by atoms with Crippen molar-refractivity contribution < 1.29 is 13.2 Å². The molecule has 0 heterocycles. The van der Waals surface area contributed by atoms with Gasteiger partial charge in [-0.2, -0.15) is 13.2 Å². The van der Waals surface area contributed by atoms with E-state index in [0.717, 1.165) is 18.9 Å². The van der Waals surface area contributed by atoms with Crippen molar-refractivity contribution in [1.82, 2.24) is 0 Å². The Hall–Kier alpha value is -1.45. The Morgan fingerprint density at radius 2 is 1.91 bits per heavy atom. The van der Waals surface area contributed by atoms with Crippen LogP contribution >= 0.6 is 0 Å². The van der Waals surface area contributed by atoms with Crippen molar-refractivity contribution >= 4 is 5.69 Å². The number of hydrogen-bond donors (Lipinski definition) is 0. The van der Waals surface area contributed by atoms with Gasteiger partial charge in [0.25, 0.3) is 0 Å². The predicted octanol–water partition coefficient (Wildman–Crippen LogP) is 5.67. The second-order valence-corrected chi connectivity index (χ2v) is 6.90. The molecule has 0 saturated carbocycles. The molecule has 1 aliphatic carbocycles. The van der Waals surface area contributed by atoms with Gasteiger partial charge in [-0.05, 0) is 55.4 Å². The quantitative estimate of drug-likeness (QED) is 0.650. The van der Waals surface area contributed by atoms with Crippen LogP contribution in [-0.4, -0.2) is 13.6 Å². The van der Waals surface area contributed by atoms with Crippen molar-refractivity contribution in [3.05, 3.63) is 41.0 Å². The molecule has 0 radical (unpaired) electrons. The van der Waals surface area contributed by atoms with Crippen molar-refractivity contribution in [2.75, 3.05) is 18.5 Å². The van der Waals surface area contributed by atoms with Gasteiger partial charge in [0, 0.05) is 19.3 Å². The number of likely N-dealkylation sites (N-methyl/N-ethyl adjacent to an activating group) is 1. The Balaban J connectivity index is 2.24. The molecule has 0 aliphatic heterocycles. The van der Waals surface area contributed by atoms with Crippen LogP contribution in [0.4, 0.5) is 18.9 Å². The molecule has 122 valence electrons. The molecule has 0 saturated heterocycles. The first-order valence-electron chi connectivity index (χ1n) is 7.69. The van der Waals surface area contributed by atoms with Gasteiger partial charge in [-0.25, -0.2) is 0 Å². The van der Waals surface area contributed by atoms with Crippen molar-refractivity contribution in [3.63, 3.8) is 0 Å². The van der Waals surface area contributed by atoms with Gasteiger partial charge < -0.3 is 4.90 Å². The number of halogens is 3. The zero-order valence-electron chi connectivity index (χ0n) is 13.7. The zero-order chi connectivity index (χ0) is 16.5. The lowest BCUT2D eigenvalue weighted by molar-refractivity contribution is -0.137. The third-order valence-corrected chi connectivity index (χ3v) is 4.70. The number of alkyl halides is 3. The fourth-order valence-electron chi connectivity index (χ4n) is 3.27. The van der Waals surface area contributed by atoms with E-state index in [1.165, 1.54) is 29.7 Å². The molecule has 0 spiro atoms. The first-order valence-corrected chi connectivity index (χ1v) is 7.69. The Kier molecular flexibility index (Phi) is 4.59. The van der Waals surface area contributed by atoms with Crippen LogP contribution in [0.2, 0.25) is 0 Å². The van der Waals surface area contributed by atoms with Crippen LogP contribution < -0.4 is 4.90 Å². The highest BCUT2D eigenvalue weighted by molar-refractivity contribution is 5.50. The molecule has 1 nitrogen and oxygen atoms in total. The van der Waals surface area contributed by atoms with E-state index in [1.807, 2.05) is 11.9 Å². The monoisotopic (exact) mass is 311 g/mol. The number of nitrogens with zero attached hydrogens (tertiary/aromatic N) is 1. The summed E-state index contributed by atoms with van der Waals surface area (Å²) in [4.78, 5) is 1.92. The molecule has 4 heteroatoms. The van der Waals surface area contributed by atoms with Crippen molar-refractivity contribution in [2.24, 2.45) is 5.41 Å². The fourth-order valence-corrected chi connectivity index (χ4v) is 3.27. The average Bonchev–Trinajstić information content (AvgIpc) is 2.42. The van der Waals surface area contributed by atoms with E-state index in [-0.39, 0.29) is 5.41 Å². The van der Waals surface area contributed by atoms with Gasteiger partial charge in [-0.15, -0.1) is 0 Å². The van der Waals surface area contributed by atoms with Gasteiger partial charge in [-0.1, -0.05) is 25.5 Å². The molecule has 0 N–H and O–H groups in total. The summed E-state index contributed by atoms with van der Waals surface area (Å²) < 4.78 is 38.5. The zero-order valence-corrected chi connectivity index (χ0v) is 13.7. The summed E-state index contributed by atoms with van der Waals surface area (Å²) in [7, 11) is 1.86. The van der Waals surface area contributed by atoms with Gasteiger partial charge in [0.1, 0.15) is 0 Å². The van der Waals surface area contributed by atoms with Crippen LogP contribution in [-0.2, 0) is 6.18 Å². The van der Waals surface area contributed by atoms with E-state index < -0.39 is 11.7 Å². The largest absolute Gasteiger partial charge is 0.416 e. The maximum Gasteiger partial charge on any atom is 0.416 e. The molecule has 0 atom stereocenters. The van der Waals surface area contributed by atoms with Gasteiger partial charge in [0.05, 0.1) is 5.56 Å². The Morgan fingerprint density at radius 1 is 1.23 bits per heavy atom. The molecule has 0 fully saturated rings. The van der Waals surface area contributed by atoms with Crippen LogP contribution in [0.1, 0.15) is 45.6 Å². The molecule has 1 aromatic carbocycles. The van der Waals surface area contributed by atoms with Gasteiger partial charge in [-0.3, -0.25) is 0 Å². The summed E-state index contributed by atoms with van der Waals surface area (Å²) in [6, 6.07) is 5.56. The maximum atomic E-state index is 12.8. The first kappa shape index (κ1) is 16.9. The lowest BCUT2D eigenvalue weighted by Gasteiger charge is -2.37. The molecule has 0 amide bonds. The van der Waals surface area contributed by atoms with Crippen LogP contribution in [0.3, 0.4) is 0 Å². The topological polar surface area (TPSA) is 3.24 Å². The highest BCUT2D eigenvalue weighted by Crippen LogP contribution is 2.41. The van der Waals surface area contributed by atoms with Crippen LogP contribution in [0, 0.1) is 5.41 Å². The average molecular weight is 311 g/mol. The van der Waals surface area contributed by atoms with Crippen LogP contribution in [0.25, 0.3) is 0 Å². The number of rotatable bonds is 3. The highest BCUT2D eigenvalue weighted by Gasteiger charge is 2.32. The third-order valence-electron chi connectivity index (χ3n) is 4.70. The molecule has 0 aromatic heterocycles. The van der Waals surface area contributed by atoms with E-state index in [2.05, 4.69) is 20.8 Å². The number of benzene rings is 1. The van der Waals surface area contributed by atoms with Gasteiger partial charge in [0.2, 0.25) is 0 Å². The minimum atomic E-state index is -4.30. The van der Waals surface area contributed by atoms with Crippen LogP contribution in [0.5, 0.6) is 0 Å². The Morgan fingerprint density at radius 3 is 2.50 bits per heavy atom. The molecule has 0 unspecified atom stereocenters. The summed E-state index contributed by atoms with van der Waals surface area (Å²) in [6.07, 6.45) is -0.878. The summed E-state index contributed by atoms with van der Waals surface area (Å²) in [5.41, 5.74) is 2.88. The summed E-state index contributed by atoms with van der Waals surface area (Å²) >= 11 is 0. The summed E-state index contributed by atoms with van der Waals surface area (Å²) in [6.45, 7) is 7.28. The third kappa shape index (κ3) is 3.65. The molecular formula is C18H24F3N. The lowest BCUT2D eigenvalue weighted by atomic mass is 9.72. The second-order valence-electron chi connectivity index (χ2n) is 6.90. The number of hydrogen-bond acceptors (Lipinski definition) is 1. The molecule has 1 aromatic rings. The normalized spacial score (nSPS) is 18.5. The van der Waals surface area contributed by atoms with E-state index in [0.29, 0.717) is 12.2 Å². The number of anilines is 1. The van der Waals surface area contributed by atoms with E-state index >= 15 is 0 Å². The Labute approximate surface area is 130 Å². The Bertz CT molecular complexity index is 570. The minimum absolute atomic E-state index is 0.123. The van der Waals surface area contributed by atoms with Crippen molar-refractivity contribution in [2.45, 2.75) is 46.2 Å². The van der Waals surface area contributed by atoms with E-state index in [9.17, 15) is 13.2 Å². The summed E-state index contributed by atoms with van der Waals surface area (Å²) in [5, 5.41) is 0. The first-order chi connectivity index (χ1) is 10.1. The molecule has 22 heavy (non-hydrogen) atoms. The standard InChI is InChI=1S/C18H24F3N/c1-13-7-6-10-17(2,3)16(13)12-22(4)15-9-5-8-14(11-15)18(19,20)21/h5,8-9,11H,6-7,10,12H2,1-4H3. The SMILES string of the molecule is CC1=C(CN(C)c2cccc(C(F)(F)F)c2)C(C)(C)CCC1.